The van der Waals surface area contributed by atoms with E-state index < -0.39 is 0 Å². The normalized spacial score (nSPS) is 12.2. The summed E-state index contributed by atoms with van der Waals surface area (Å²) in [4.78, 5) is 20.7. The molecule has 0 N–H and O–H groups in total. The molecular weight excluding hydrogens is 366 g/mol. The van der Waals surface area contributed by atoms with Gasteiger partial charge in [-0.3, -0.25) is 4.79 Å². The Balaban J connectivity index is 1.92. The van der Waals surface area contributed by atoms with Crippen molar-refractivity contribution >= 4 is 28.6 Å². The molecule has 0 amide bonds. The van der Waals surface area contributed by atoms with Crippen LogP contribution in [0, 0.1) is 0 Å². The second kappa shape index (κ2) is 7.98. The lowest BCUT2D eigenvalue weighted by Crippen LogP contribution is -2.04. The number of para-hydroxylation sites is 1. The molecular formula is C23H21N3OS. The average molecular weight is 388 g/mol. The molecule has 0 saturated carbocycles. The maximum absolute atomic E-state index is 11.5. The lowest BCUT2D eigenvalue weighted by molar-refractivity contribution is -0.116. The molecule has 0 aliphatic heterocycles. The molecule has 0 radical (unpaired) electrons. The highest BCUT2D eigenvalue weighted by atomic mass is 32.2. The number of benzene rings is 2. The van der Waals surface area contributed by atoms with Crippen molar-refractivity contribution in [2.75, 3.05) is 0 Å². The molecule has 2 aromatic carbocycles. The second-order valence-corrected chi connectivity index (χ2v) is 8.25. The SMILES string of the molecule is CC(=O)C[C@H](C)Sc1ncnc2c1c(-c1ccccc1)cn2-c1ccccc1. The van der Waals surface area contributed by atoms with Gasteiger partial charge in [0.15, 0.2) is 0 Å². The molecule has 4 rings (SSSR count). The summed E-state index contributed by atoms with van der Waals surface area (Å²) in [5, 5.41) is 2.09. The fourth-order valence-corrected chi connectivity index (χ4v) is 4.51. The quantitative estimate of drug-likeness (QED) is 0.322. The molecule has 140 valence electrons. The summed E-state index contributed by atoms with van der Waals surface area (Å²) >= 11 is 1.63. The molecule has 0 fully saturated rings. The maximum atomic E-state index is 11.5. The maximum Gasteiger partial charge on any atom is 0.149 e. The van der Waals surface area contributed by atoms with E-state index in [0.29, 0.717) is 6.42 Å². The zero-order valence-corrected chi connectivity index (χ0v) is 16.7. The zero-order chi connectivity index (χ0) is 19.5. The van der Waals surface area contributed by atoms with Crippen LogP contribution in [-0.4, -0.2) is 25.6 Å². The van der Waals surface area contributed by atoms with Crippen molar-refractivity contribution in [2.45, 2.75) is 30.5 Å². The van der Waals surface area contributed by atoms with Crippen molar-refractivity contribution in [1.82, 2.24) is 14.5 Å². The molecule has 4 aromatic rings. The van der Waals surface area contributed by atoms with Crippen LogP contribution in [0.25, 0.3) is 27.8 Å². The molecule has 0 unspecified atom stereocenters. The number of hydrogen-bond acceptors (Lipinski definition) is 4. The van der Waals surface area contributed by atoms with Crippen LogP contribution in [-0.2, 0) is 4.79 Å². The van der Waals surface area contributed by atoms with Gasteiger partial charge in [0, 0.05) is 29.1 Å². The fraction of sp³-hybridized carbons (Fsp3) is 0.174. The van der Waals surface area contributed by atoms with E-state index in [1.807, 2.05) is 36.4 Å². The first-order chi connectivity index (χ1) is 13.6. The molecule has 4 nitrogen and oxygen atoms in total. The molecule has 28 heavy (non-hydrogen) atoms. The third-order valence-corrected chi connectivity index (χ3v) is 5.66. The molecule has 5 heteroatoms. The van der Waals surface area contributed by atoms with Gasteiger partial charge in [-0.15, -0.1) is 11.8 Å². The van der Waals surface area contributed by atoms with Gasteiger partial charge in [0.1, 0.15) is 22.8 Å². The van der Waals surface area contributed by atoms with Crippen LogP contribution >= 0.6 is 11.8 Å². The van der Waals surface area contributed by atoms with Gasteiger partial charge in [-0.2, -0.15) is 0 Å². The van der Waals surface area contributed by atoms with E-state index in [1.165, 1.54) is 0 Å². The third-order valence-electron chi connectivity index (χ3n) is 4.56. The number of fused-ring (bicyclic) bond motifs is 1. The van der Waals surface area contributed by atoms with E-state index in [0.717, 1.165) is 32.9 Å². The Kier molecular flexibility index (Phi) is 5.26. The van der Waals surface area contributed by atoms with E-state index >= 15 is 0 Å². The molecule has 1 atom stereocenters. The van der Waals surface area contributed by atoms with Crippen LogP contribution in [0.1, 0.15) is 20.3 Å². The molecule has 2 aromatic heterocycles. The highest BCUT2D eigenvalue weighted by Gasteiger charge is 2.19. The van der Waals surface area contributed by atoms with Gasteiger partial charge in [0.25, 0.3) is 0 Å². The van der Waals surface area contributed by atoms with Crippen molar-refractivity contribution in [1.29, 1.82) is 0 Å². The minimum atomic E-state index is 0.152. The Morgan fingerprint density at radius 1 is 1.04 bits per heavy atom. The Bertz CT molecular complexity index is 1110. The number of carbonyl (C=O) groups excluding carboxylic acids is 1. The zero-order valence-electron chi connectivity index (χ0n) is 15.9. The van der Waals surface area contributed by atoms with Crippen LogP contribution in [0.3, 0.4) is 0 Å². The number of Topliss-reactive ketones (excluding diaryl/α,β-unsaturated/α-hetero) is 1. The number of rotatable bonds is 6. The summed E-state index contributed by atoms with van der Waals surface area (Å²) in [5.41, 5.74) is 4.15. The molecule has 0 spiro atoms. The first-order valence-corrected chi connectivity index (χ1v) is 10.1. The summed E-state index contributed by atoms with van der Waals surface area (Å²) in [6.45, 7) is 3.70. The lowest BCUT2D eigenvalue weighted by atomic mass is 10.1. The van der Waals surface area contributed by atoms with E-state index in [-0.39, 0.29) is 11.0 Å². The van der Waals surface area contributed by atoms with Gasteiger partial charge in [-0.05, 0) is 24.6 Å². The first-order valence-electron chi connectivity index (χ1n) is 9.26. The Morgan fingerprint density at radius 2 is 1.71 bits per heavy atom. The van der Waals surface area contributed by atoms with Gasteiger partial charge in [0.2, 0.25) is 0 Å². The number of aromatic nitrogens is 3. The number of carbonyl (C=O) groups is 1. The summed E-state index contributed by atoms with van der Waals surface area (Å²) in [6, 6.07) is 20.5. The second-order valence-electron chi connectivity index (χ2n) is 6.83. The standard InChI is InChI=1S/C23H21N3OS/c1-16(27)13-17(2)28-23-21-20(18-9-5-3-6-10-18)14-26(22(21)24-15-25-23)19-11-7-4-8-12-19/h3-12,14-15,17H,13H2,1-2H3/t17-/m0/s1. The van der Waals surface area contributed by atoms with Crippen LogP contribution in [0.5, 0.6) is 0 Å². The van der Waals surface area contributed by atoms with Gasteiger partial charge < -0.3 is 4.57 Å². The minimum Gasteiger partial charge on any atom is -0.301 e. The largest absolute Gasteiger partial charge is 0.301 e. The smallest absolute Gasteiger partial charge is 0.149 e. The molecule has 0 bridgehead atoms. The number of nitrogens with zero attached hydrogens (tertiary/aromatic N) is 3. The van der Waals surface area contributed by atoms with Gasteiger partial charge in [0.05, 0.1) is 5.39 Å². The Hall–Kier alpha value is -2.92. The van der Waals surface area contributed by atoms with Crippen molar-refractivity contribution in [3.05, 3.63) is 73.2 Å². The molecule has 0 saturated heterocycles. The summed E-state index contributed by atoms with van der Waals surface area (Å²) in [7, 11) is 0. The number of hydrogen-bond donors (Lipinski definition) is 0. The van der Waals surface area contributed by atoms with Crippen molar-refractivity contribution in [2.24, 2.45) is 0 Å². The van der Waals surface area contributed by atoms with Crippen molar-refractivity contribution in [3.63, 3.8) is 0 Å². The van der Waals surface area contributed by atoms with Crippen LogP contribution in [0.4, 0.5) is 0 Å². The van der Waals surface area contributed by atoms with Crippen molar-refractivity contribution in [3.8, 4) is 16.8 Å². The minimum absolute atomic E-state index is 0.152. The first kappa shape index (κ1) is 18.4. The van der Waals surface area contributed by atoms with Crippen LogP contribution in [0.2, 0.25) is 0 Å². The van der Waals surface area contributed by atoms with Gasteiger partial charge in [-0.1, -0.05) is 55.5 Å². The summed E-state index contributed by atoms with van der Waals surface area (Å²) < 4.78 is 2.11. The topological polar surface area (TPSA) is 47.8 Å². The number of ketones is 1. The summed E-state index contributed by atoms with van der Waals surface area (Å²) in [6.07, 6.45) is 4.26. The van der Waals surface area contributed by atoms with E-state index in [1.54, 1.807) is 25.0 Å². The molecule has 2 heterocycles. The monoisotopic (exact) mass is 387 g/mol. The van der Waals surface area contributed by atoms with E-state index in [9.17, 15) is 4.79 Å². The summed E-state index contributed by atoms with van der Waals surface area (Å²) in [5.74, 6) is 0.190. The third kappa shape index (κ3) is 3.71. The molecule has 0 aliphatic carbocycles. The Morgan fingerprint density at radius 3 is 2.39 bits per heavy atom. The fourth-order valence-electron chi connectivity index (χ4n) is 3.38. The lowest BCUT2D eigenvalue weighted by Gasteiger charge is -2.10. The average Bonchev–Trinajstić information content (AvgIpc) is 3.09. The van der Waals surface area contributed by atoms with E-state index in [4.69, 9.17) is 0 Å². The van der Waals surface area contributed by atoms with Crippen molar-refractivity contribution < 1.29 is 4.79 Å². The highest BCUT2D eigenvalue weighted by Crippen LogP contribution is 2.38. The van der Waals surface area contributed by atoms with Gasteiger partial charge in [-0.25, -0.2) is 9.97 Å². The number of thioether (sulfide) groups is 1. The Labute approximate surface area is 168 Å². The van der Waals surface area contributed by atoms with Crippen LogP contribution in [0.15, 0.2) is 78.2 Å². The predicted octanol–water partition coefficient (Wildman–Crippen LogP) is 5.55. The highest BCUT2D eigenvalue weighted by molar-refractivity contribution is 8.00. The predicted molar refractivity (Wildman–Crippen MR) is 115 cm³/mol. The van der Waals surface area contributed by atoms with Gasteiger partial charge >= 0.3 is 0 Å². The van der Waals surface area contributed by atoms with Crippen LogP contribution < -0.4 is 0 Å². The molecule has 0 aliphatic rings. The van der Waals surface area contributed by atoms with E-state index in [2.05, 4.69) is 51.9 Å².